The lowest BCUT2D eigenvalue weighted by Gasteiger charge is -2.65. The minimum atomic E-state index is -0.961. The topological polar surface area (TPSA) is 140 Å². The second-order valence-electron chi connectivity index (χ2n) is 19.4. The number of amides is 5. The van der Waals surface area contributed by atoms with E-state index in [0.29, 0.717) is 41.0 Å². The molecule has 11 nitrogen and oxygen atoms in total. The molecule has 5 amide bonds. The first-order chi connectivity index (χ1) is 29.1. The van der Waals surface area contributed by atoms with Gasteiger partial charge in [-0.1, -0.05) is 46.0 Å². The second kappa shape index (κ2) is 15.2. The zero-order chi connectivity index (χ0) is 43.0. The van der Waals surface area contributed by atoms with Crippen LogP contribution in [0, 0.1) is 58.7 Å². The Morgan fingerprint density at radius 2 is 1.49 bits per heavy atom. The predicted octanol–water partition coefficient (Wildman–Crippen LogP) is 7.18. The van der Waals surface area contributed by atoms with Gasteiger partial charge >= 0.3 is 0 Å². The molecule has 314 valence electrons. The molecule has 4 heterocycles. The molecule has 61 heavy (non-hydrogen) atoms. The molecular weight excluding hydrogens is 767 g/mol. The van der Waals surface area contributed by atoms with E-state index in [1.54, 1.807) is 18.2 Å². The summed E-state index contributed by atoms with van der Waals surface area (Å²) in [7, 11) is 0. The van der Waals surface area contributed by atoms with Gasteiger partial charge in [0.15, 0.2) is 0 Å². The molecule has 0 spiro atoms. The molecule has 0 aromatic heterocycles. The average molecular weight is 820 g/mol. The van der Waals surface area contributed by atoms with Gasteiger partial charge in [-0.25, -0.2) is 0 Å². The van der Waals surface area contributed by atoms with E-state index in [2.05, 4.69) is 61.9 Å². The van der Waals surface area contributed by atoms with Crippen LogP contribution in [0.25, 0.3) is 0 Å². The smallest absolute Gasteiger partial charge is 0.262 e. The molecule has 1 atom stereocenters. The van der Waals surface area contributed by atoms with Crippen LogP contribution in [0.4, 0.5) is 5.69 Å². The van der Waals surface area contributed by atoms with Crippen molar-refractivity contribution in [3.63, 3.8) is 0 Å². The number of imide groups is 2. The molecule has 0 radical (unpaired) electrons. The number of rotatable bonds is 8. The molecule has 6 aliphatic rings. The number of ether oxygens (including phenoxy) is 1. The molecule has 2 aliphatic carbocycles. The van der Waals surface area contributed by atoms with E-state index in [4.69, 9.17) is 4.74 Å². The van der Waals surface area contributed by atoms with E-state index in [9.17, 15) is 29.2 Å². The van der Waals surface area contributed by atoms with Crippen LogP contribution in [0.1, 0.15) is 132 Å². The van der Waals surface area contributed by atoms with Gasteiger partial charge in [0.25, 0.3) is 17.7 Å². The largest absolute Gasteiger partial charge is 0.489 e. The Hall–Kier alpha value is -5.94. The fourth-order valence-corrected chi connectivity index (χ4v) is 11.7. The number of nitrogens with one attached hydrogen (secondary N) is 1. The third-order valence-corrected chi connectivity index (χ3v) is 14.6. The summed E-state index contributed by atoms with van der Waals surface area (Å²) in [6.45, 7) is 13.0. The van der Waals surface area contributed by atoms with Crippen molar-refractivity contribution in [2.75, 3.05) is 18.0 Å². The summed E-state index contributed by atoms with van der Waals surface area (Å²) < 4.78 is 6.57. The van der Waals surface area contributed by atoms with Gasteiger partial charge in [-0.2, -0.15) is 5.26 Å². The minimum absolute atomic E-state index is 0.0105. The van der Waals surface area contributed by atoms with Gasteiger partial charge in [0.05, 0.1) is 22.8 Å². The van der Waals surface area contributed by atoms with Gasteiger partial charge in [-0.3, -0.25) is 34.2 Å². The quantitative estimate of drug-likeness (QED) is 0.186. The summed E-state index contributed by atoms with van der Waals surface area (Å²) in [6, 6.07) is 18.2. The van der Waals surface area contributed by atoms with Crippen molar-refractivity contribution in [1.29, 1.82) is 5.26 Å². The monoisotopic (exact) mass is 819 g/mol. The third-order valence-electron chi connectivity index (χ3n) is 14.6. The van der Waals surface area contributed by atoms with Crippen LogP contribution in [0.5, 0.6) is 5.75 Å². The number of fused-ring (bicyclic) bond motifs is 2. The lowest BCUT2D eigenvalue weighted by Crippen LogP contribution is -2.74. The van der Waals surface area contributed by atoms with Crippen molar-refractivity contribution in [3.8, 4) is 23.7 Å². The molecule has 9 rings (SSSR count). The Morgan fingerprint density at radius 1 is 0.787 bits per heavy atom. The molecule has 2 saturated heterocycles. The van der Waals surface area contributed by atoms with E-state index >= 15 is 0 Å². The highest BCUT2D eigenvalue weighted by atomic mass is 16.5. The van der Waals surface area contributed by atoms with Crippen molar-refractivity contribution in [2.24, 2.45) is 28.6 Å². The van der Waals surface area contributed by atoms with Gasteiger partial charge in [0, 0.05) is 65.7 Å². The fourth-order valence-electron chi connectivity index (χ4n) is 11.7. The minimum Gasteiger partial charge on any atom is -0.489 e. The molecule has 3 aromatic carbocycles. The zero-order valence-corrected chi connectivity index (χ0v) is 35.7. The first-order valence-corrected chi connectivity index (χ1v) is 21.9. The van der Waals surface area contributed by atoms with E-state index in [-0.39, 0.29) is 47.6 Å². The first kappa shape index (κ1) is 40.5. The van der Waals surface area contributed by atoms with Crippen LogP contribution in [0.2, 0.25) is 0 Å². The number of hydrogen-bond donors (Lipinski definition) is 1. The van der Waals surface area contributed by atoms with E-state index in [1.807, 2.05) is 42.2 Å². The van der Waals surface area contributed by atoms with Crippen molar-refractivity contribution in [1.82, 2.24) is 15.1 Å². The predicted molar refractivity (Wildman–Crippen MR) is 228 cm³/mol. The molecule has 4 aliphatic heterocycles. The molecule has 4 fully saturated rings. The third kappa shape index (κ3) is 7.06. The van der Waals surface area contributed by atoms with Crippen LogP contribution in [0.15, 0.2) is 54.6 Å². The summed E-state index contributed by atoms with van der Waals surface area (Å²) in [6.07, 6.45) is 7.04. The van der Waals surface area contributed by atoms with Crippen LogP contribution in [-0.4, -0.2) is 70.6 Å². The van der Waals surface area contributed by atoms with Gasteiger partial charge in [0.2, 0.25) is 11.8 Å². The maximum absolute atomic E-state index is 13.8. The summed E-state index contributed by atoms with van der Waals surface area (Å²) >= 11 is 0. The van der Waals surface area contributed by atoms with Gasteiger partial charge in [-0.15, -0.1) is 0 Å². The van der Waals surface area contributed by atoms with Crippen molar-refractivity contribution in [2.45, 2.75) is 111 Å². The number of nitriles is 1. The number of aryl methyl sites for hydroxylation is 1. The highest BCUT2D eigenvalue weighted by Gasteiger charge is 2.67. The average Bonchev–Trinajstić information content (AvgIpc) is 3.65. The van der Waals surface area contributed by atoms with Crippen LogP contribution in [-0.2, 0) is 16.1 Å². The van der Waals surface area contributed by atoms with Crippen LogP contribution >= 0.6 is 0 Å². The van der Waals surface area contributed by atoms with Crippen molar-refractivity contribution < 1.29 is 28.7 Å². The van der Waals surface area contributed by atoms with Gasteiger partial charge < -0.3 is 14.5 Å². The second-order valence-corrected chi connectivity index (χ2v) is 19.4. The number of anilines is 1. The van der Waals surface area contributed by atoms with Crippen LogP contribution in [0.3, 0.4) is 0 Å². The molecular formula is C50H53N5O6. The lowest BCUT2D eigenvalue weighted by molar-refractivity contribution is -0.199. The Balaban J connectivity index is 0.736. The Kier molecular flexibility index (Phi) is 10.1. The highest BCUT2D eigenvalue weighted by Crippen LogP contribution is 2.59. The molecule has 11 heteroatoms. The van der Waals surface area contributed by atoms with Crippen molar-refractivity contribution in [3.05, 3.63) is 93.5 Å². The first-order valence-electron chi connectivity index (χ1n) is 21.9. The summed E-state index contributed by atoms with van der Waals surface area (Å²) in [4.78, 5) is 69.5. The summed E-state index contributed by atoms with van der Waals surface area (Å²) in [5, 5.41) is 11.6. The lowest BCUT2D eigenvalue weighted by atomic mass is 9.49. The number of carbonyl (C=O) groups is 5. The maximum atomic E-state index is 13.8. The number of nitrogens with zero attached hydrogens (tertiary/aromatic N) is 4. The fraction of sp³-hybridized carbons (Fsp3) is 0.480. The van der Waals surface area contributed by atoms with E-state index < -0.39 is 23.8 Å². The summed E-state index contributed by atoms with van der Waals surface area (Å²) in [5.41, 5.74) is 5.25. The number of hydrogen-bond acceptors (Lipinski definition) is 8. The Labute approximate surface area is 357 Å². The molecule has 1 unspecified atom stereocenters. The van der Waals surface area contributed by atoms with E-state index in [1.165, 1.54) is 19.3 Å². The van der Waals surface area contributed by atoms with Crippen molar-refractivity contribution >= 4 is 35.2 Å². The van der Waals surface area contributed by atoms with Gasteiger partial charge in [0.1, 0.15) is 17.9 Å². The normalized spacial score (nSPS) is 26.4. The molecule has 0 bridgehead atoms. The zero-order valence-electron chi connectivity index (χ0n) is 35.7. The molecule has 3 aromatic rings. The highest BCUT2D eigenvalue weighted by molar-refractivity contribution is 6.23. The molecule has 1 N–H and O–H groups in total. The number of benzene rings is 3. The Bertz CT molecular complexity index is 2460. The van der Waals surface area contributed by atoms with E-state index in [0.717, 1.165) is 70.9 Å². The summed E-state index contributed by atoms with van der Waals surface area (Å²) in [5.74, 6) is 7.56. The van der Waals surface area contributed by atoms with Crippen LogP contribution < -0.4 is 15.0 Å². The van der Waals surface area contributed by atoms with Gasteiger partial charge in [-0.05, 0) is 123 Å². The maximum Gasteiger partial charge on any atom is 0.262 e. The number of piperidine rings is 1. The molecule has 2 saturated carbocycles. The standard InChI is InChI=1S/C50H53N5O6/c1-29-22-37(17-15-34(29)25-51)61-48-49(2,3)47(50(48,4)5)54-28-35-23-32(14-18-38(35)44(54)58)12-10-30-6-8-31(9-7-30)11-13-33-26-53(27-33)36-16-19-39-40(24-36)46(60)55(45(39)59)41-20-21-42(56)52-43(41)57/h14-19,22-24,30-31,33,41,47-48H,6-9,11,13,20-21,26-28H2,1-5H3,(H,52,56,57)/t30?,31?,41?,47-,48-. The number of carbonyl (C=O) groups excluding carboxylic acids is 5. The Morgan fingerprint density at radius 3 is 2.20 bits per heavy atom. The SMILES string of the molecule is Cc1cc(O[C@H]2C(C)(C)[C@H](N3Cc4cc(C#CC5CCC(CCC6CN(c7ccc8c(c7)C(=O)N(C7CCC(=O)NC7=O)C8=O)C6)CC5)ccc4C3=O)C2(C)C)ccc1C#N.